The van der Waals surface area contributed by atoms with Gasteiger partial charge in [-0.2, -0.15) is 0 Å². The molecular weight excluding hydrogens is 400 g/mol. The molecule has 0 aromatic heterocycles. The van der Waals surface area contributed by atoms with E-state index in [9.17, 15) is 21.6 Å². The Hall–Kier alpha value is -2.23. The van der Waals surface area contributed by atoms with E-state index in [1.165, 1.54) is 24.3 Å². The van der Waals surface area contributed by atoms with Gasteiger partial charge in [-0.1, -0.05) is 24.3 Å². The van der Waals surface area contributed by atoms with Gasteiger partial charge in [0.1, 0.15) is 0 Å². The highest BCUT2D eigenvalue weighted by atomic mass is 32.2. The maximum absolute atomic E-state index is 12.5. The molecule has 2 aromatic carbocycles. The summed E-state index contributed by atoms with van der Waals surface area (Å²) in [6, 6.07) is 12.4. The van der Waals surface area contributed by atoms with Crippen molar-refractivity contribution in [1.82, 2.24) is 4.90 Å². The van der Waals surface area contributed by atoms with Crippen LogP contribution in [0, 0.1) is 0 Å². The molecule has 0 fully saturated rings. The molecule has 0 radical (unpaired) electrons. The molecule has 0 spiro atoms. The van der Waals surface area contributed by atoms with Crippen LogP contribution in [0.15, 0.2) is 58.3 Å². The van der Waals surface area contributed by atoms with Crippen molar-refractivity contribution in [1.29, 1.82) is 0 Å². The number of primary sulfonamides is 1. The Morgan fingerprint density at radius 2 is 1.46 bits per heavy atom. The Bertz CT molecular complexity index is 1040. The van der Waals surface area contributed by atoms with Crippen molar-refractivity contribution in [3.05, 3.63) is 59.7 Å². The number of nitrogens with two attached hydrogens (primary N) is 1. The number of nitrogens with zero attached hydrogens (tertiary/aromatic N) is 1. The second-order valence-electron chi connectivity index (χ2n) is 6.71. The van der Waals surface area contributed by atoms with Crippen molar-refractivity contribution in [2.45, 2.75) is 35.6 Å². The van der Waals surface area contributed by atoms with Gasteiger partial charge >= 0.3 is 0 Å². The van der Waals surface area contributed by atoms with Crippen molar-refractivity contribution >= 4 is 25.8 Å². The summed E-state index contributed by atoms with van der Waals surface area (Å²) in [5.41, 5.74) is 1.67. The van der Waals surface area contributed by atoms with E-state index in [1.54, 1.807) is 36.2 Å². The largest absolute Gasteiger partial charge is 0.339 e. The highest BCUT2D eigenvalue weighted by molar-refractivity contribution is 7.90. The third-order valence-electron chi connectivity index (χ3n) is 4.64. The second kappa shape index (κ2) is 8.42. The molecule has 0 saturated carbocycles. The summed E-state index contributed by atoms with van der Waals surface area (Å²) < 4.78 is 45.6. The van der Waals surface area contributed by atoms with Crippen LogP contribution in [0.3, 0.4) is 0 Å². The molecule has 1 atom stereocenters. The lowest BCUT2D eigenvalue weighted by Crippen LogP contribution is -2.29. The SMILES string of the molecule is CC(c1ccc(S(C)(=O)=O)cc1)N(C)C(=O)CCc1ccc(S(N)(=O)=O)cc1. The zero-order valence-corrected chi connectivity index (χ0v) is 17.6. The Balaban J connectivity index is 2.00. The minimum atomic E-state index is -3.73. The first-order chi connectivity index (χ1) is 12.9. The van der Waals surface area contributed by atoms with Crippen LogP contribution in [0.25, 0.3) is 0 Å². The molecule has 2 aromatic rings. The number of sulfonamides is 1. The molecule has 0 saturated heterocycles. The van der Waals surface area contributed by atoms with Gasteiger partial charge in [-0.25, -0.2) is 22.0 Å². The lowest BCUT2D eigenvalue weighted by molar-refractivity contribution is -0.131. The first-order valence-corrected chi connectivity index (χ1v) is 12.0. The molecule has 9 heteroatoms. The van der Waals surface area contributed by atoms with Gasteiger partial charge in [0.05, 0.1) is 15.8 Å². The number of hydrogen-bond donors (Lipinski definition) is 1. The van der Waals surface area contributed by atoms with E-state index in [2.05, 4.69) is 0 Å². The quantitative estimate of drug-likeness (QED) is 0.729. The molecule has 2 N–H and O–H groups in total. The smallest absolute Gasteiger partial charge is 0.238 e. The van der Waals surface area contributed by atoms with Crippen LogP contribution in [0.1, 0.15) is 30.5 Å². The van der Waals surface area contributed by atoms with Crippen molar-refractivity contribution in [3.63, 3.8) is 0 Å². The van der Waals surface area contributed by atoms with Gasteiger partial charge in [-0.05, 0) is 48.7 Å². The molecule has 0 bridgehead atoms. The third-order valence-corrected chi connectivity index (χ3v) is 6.70. The van der Waals surface area contributed by atoms with Gasteiger partial charge in [-0.15, -0.1) is 0 Å². The predicted octanol–water partition coefficient (Wildman–Crippen LogP) is 1.89. The molecule has 2 rings (SSSR count). The Morgan fingerprint density at radius 3 is 1.93 bits per heavy atom. The molecule has 7 nitrogen and oxygen atoms in total. The average molecular weight is 425 g/mol. The van der Waals surface area contributed by atoms with E-state index in [0.29, 0.717) is 6.42 Å². The Labute approximate surface area is 166 Å². The van der Waals surface area contributed by atoms with E-state index in [-0.39, 0.29) is 28.2 Å². The minimum Gasteiger partial charge on any atom is -0.339 e. The average Bonchev–Trinajstić information content (AvgIpc) is 2.64. The molecule has 1 amide bonds. The number of benzene rings is 2. The molecule has 28 heavy (non-hydrogen) atoms. The standard InChI is InChI=1S/C19H24N2O5S2/c1-14(16-7-11-17(12-8-16)27(3,23)24)21(2)19(22)13-6-15-4-9-18(10-5-15)28(20,25)26/h4-5,7-12,14H,6,13H2,1-3H3,(H2,20,25,26). The topological polar surface area (TPSA) is 115 Å². The first kappa shape index (κ1) is 22.1. The number of rotatable bonds is 7. The van der Waals surface area contributed by atoms with Crippen LogP contribution in [0.2, 0.25) is 0 Å². The summed E-state index contributed by atoms with van der Waals surface area (Å²) in [4.78, 5) is 14.4. The van der Waals surface area contributed by atoms with Crippen molar-refractivity contribution in [3.8, 4) is 0 Å². The monoisotopic (exact) mass is 424 g/mol. The normalized spacial score (nSPS) is 13.1. The van der Waals surface area contributed by atoms with Crippen LogP contribution in [0.4, 0.5) is 0 Å². The van der Waals surface area contributed by atoms with Crippen molar-refractivity contribution < 1.29 is 21.6 Å². The van der Waals surface area contributed by atoms with Crippen molar-refractivity contribution in [2.75, 3.05) is 13.3 Å². The fraction of sp³-hybridized carbons (Fsp3) is 0.316. The Kier molecular flexibility index (Phi) is 6.63. The van der Waals surface area contributed by atoms with Gasteiger partial charge < -0.3 is 4.90 Å². The number of carbonyl (C=O) groups is 1. The van der Waals surface area contributed by atoms with E-state index in [1.807, 2.05) is 6.92 Å². The molecule has 0 aliphatic heterocycles. The van der Waals surface area contributed by atoms with Crippen molar-refractivity contribution in [2.24, 2.45) is 5.14 Å². The second-order valence-corrected chi connectivity index (χ2v) is 10.3. The van der Waals surface area contributed by atoms with Crippen LogP contribution in [0.5, 0.6) is 0 Å². The fourth-order valence-corrected chi connectivity index (χ4v) is 3.85. The summed E-state index contributed by atoms with van der Waals surface area (Å²) in [5.74, 6) is -0.0739. The molecule has 0 aliphatic rings. The zero-order chi connectivity index (χ0) is 21.1. The van der Waals surface area contributed by atoms with Gasteiger partial charge in [0.25, 0.3) is 0 Å². The number of hydrogen-bond acceptors (Lipinski definition) is 5. The predicted molar refractivity (Wildman–Crippen MR) is 107 cm³/mol. The van der Waals surface area contributed by atoms with Crippen LogP contribution >= 0.6 is 0 Å². The molecule has 0 aliphatic carbocycles. The number of amides is 1. The maximum atomic E-state index is 12.5. The van der Waals surface area contributed by atoms with Gasteiger partial charge in [0.2, 0.25) is 15.9 Å². The number of carbonyl (C=O) groups excluding carboxylic acids is 1. The van der Waals surface area contributed by atoms with E-state index in [0.717, 1.165) is 17.4 Å². The van der Waals surface area contributed by atoms with Gasteiger partial charge in [0.15, 0.2) is 9.84 Å². The number of sulfone groups is 1. The maximum Gasteiger partial charge on any atom is 0.238 e. The summed E-state index contributed by atoms with van der Waals surface area (Å²) in [7, 11) is -5.29. The van der Waals surface area contributed by atoms with Gasteiger partial charge in [-0.3, -0.25) is 4.79 Å². The molecule has 0 heterocycles. The summed E-state index contributed by atoms with van der Waals surface area (Å²) >= 11 is 0. The lowest BCUT2D eigenvalue weighted by Gasteiger charge is -2.25. The number of aryl methyl sites for hydroxylation is 1. The lowest BCUT2D eigenvalue weighted by atomic mass is 10.1. The highest BCUT2D eigenvalue weighted by Crippen LogP contribution is 2.22. The summed E-state index contributed by atoms with van der Waals surface area (Å²) in [5, 5.41) is 5.07. The Morgan fingerprint density at radius 1 is 0.964 bits per heavy atom. The molecule has 1 unspecified atom stereocenters. The fourth-order valence-electron chi connectivity index (χ4n) is 2.71. The minimum absolute atomic E-state index is 0.0332. The van der Waals surface area contributed by atoms with Crippen LogP contribution in [-0.2, 0) is 31.1 Å². The zero-order valence-electron chi connectivity index (χ0n) is 16.0. The summed E-state index contributed by atoms with van der Waals surface area (Å²) in [6.45, 7) is 1.87. The van der Waals surface area contributed by atoms with E-state index >= 15 is 0 Å². The highest BCUT2D eigenvalue weighted by Gasteiger charge is 2.18. The van der Waals surface area contributed by atoms with E-state index in [4.69, 9.17) is 5.14 Å². The van der Waals surface area contributed by atoms with Gasteiger partial charge in [0, 0.05) is 19.7 Å². The third kappa shape index (κ3) is 5.63. The molecule has 152 valence electrons. The van der Waals surface area contributed by atoms with Crippen LogP contribution in [-0.4, -0.2) is 40.9 Å². The first-order valence-electron chi connectivity index (χ1n) is 8.57. The molecular formula is C19H24N2O5S2. The van der Waals surface area contributed by atoms with E-state index < -0.39 is 19.9 Å². The summed E-state index contributed by atoms with van der Waals surface area (Å²) in [6.07, 6.45) is 1.88. The van der Waals surface area contributed by atoms with Crippen LogP contribution < -0.4 is 5.14 Å².